The highest BCUT2D eigenvalue weighted by molar-refractivity contribution is 5.80. The van der Waals surface area contributed by atoms with E-state index >= 15 is 0 Å². The number of hydrogen-bond donors (Lipinski definition) is 6. The Bertz CT molecular complexity index is 1620. The van der Waals surface area contributed by atoms with E-state index in [1.54, 1.807) is 6.08 Å². The van der Waals surface area contributed by atoms with E-state index in [9.17, 15) is 35.1 Å². The summed E-state index contributed by atoms with van der Waals surface area (Å²) in [7, 11) is 0. The number of hydrogen-bond acceptors (Lipinski definition) is 10. The molecular weight excluding hydrogens is 1000 g/mol. The summed E-state index contributed by atoms with van der Waals surface area (Å²) in [5.74, 6) is -1.21. The molecule has 0 radical (unpaired) electrons. The van der Waals surface area contributed by atoms with Gasteiger partial charge in [-0.3, -0.25) is 9.59 Å². The van der Waals surface area contributed by atoms with Crippen LogP contribution in [0.2, 0.25) is 0 Å². The van der Waals surface area contributed by atoms with Crippen LogP contribution >= 0.6 is 0 Å². The van der Waals surface area contributed by atoms with Gasteiger partial charge in [0.2, 0.25) is 5.91 Å². The van der Waals surface area contributed by atoms with E-state index in [1.165, 1.54) is 122 Å². The van der Waals surface area contributed by atoms with Crippen molar-refractivity contribution >= 4 is 11.9 Å². The number of carbonyl (C=O) groups is 2. The van der Waals surface area contributed by atoms with Gasteiger partial charge in [0.15, 0.2) is 12.4 Å². The Kier molecular flexibility index (Phi) is 52.7. The highest BCUT2D eigenvalue weighted by atomic mass is 16.7. The van der Waals surface area contributed by atoms with Gasteiger partial charge >= 0.3 is 5.97 Å². The van der Waals surface area contributed by atoms with Gasteiger partial charge in [-0.25, -0.2) is 0 Å². The number of carbonyl (C=O) groups excluding carboxylic acids is 2. The standard InChI is InChI=1S/C69H121NO10/c1-4-7-10-13-16-19-22-25-27-28-29-30-31-32-33-34-35-37-38-41-44-47-50-53-56-62(73)68(77)70-60(61(72)55-52-49-46-43-40-24-21-18-15-12-9-6-3)59-78-69-67(66(76)65(75)63(58-71)79-69)80-64(74)57-54-51-48-45-42-39-36-26-23-20-17-14-11-8-5-2/h7,10,16,19-20,23,25,27,29-30,32-33,52,55,60-63,65-67,69,71-73,75-76H,4-6,8-9,11-15,17-18,21-22,24,26,28,31,34-51,53-54,56-59H2,1-3H3,(H,70,77)/b10-7-,19-16-,23-20-,27-25-,30-29-,33-32-,55-52+. The van der Waals surface area contributed by atoms with Crippen LogP contribution in [0.15, 0.2) is 85.1 Å². The maximum absolute atomic E-state index is 13.5. The number of ether oxygens (including phenoxy) is 3. The van der Waals surface area contributed by atoms with Crippen molar-refractivity contribution in [3.8, 4) is 0 Å². The lowest BCUT2D eigenvalue weighted by molar-refractivity contribution is -0.305. The van der Waals surface area contributed by atoms with E-state index in [-0.39, 0.29) is 19.4 Å². The Hall–Kier alpha value is -3.16. The number of aliphatic hydroxyl groups excluding tert-OH is 5. The Morgan fingerprint density at radius 3 is 1.38 bits per heavy atom. The molecular formula is C69H121NO10. The Morgan fingerprint density at radius 2 is 0.900 bits per heavy atom. The van der Waals surface area contributed by atoms with Gasteiger partial charge in [-0.1, -0.05) is 260 Å². The van der Waals surface area contributed by atoms with E-state index in [2.05, 4.69) is 99.0 Å². The first-order valence-electron chi connectivity index (χ1n) is 32.9. The average Bonchev–Trinajstić information content (AvgIpc) is 3.46. The molecule has 0 saturated carbocycles. The fourth-order valence-corrected chi connectivity index (χ4v) is 9.85. The van der Waals surface area contributed by atoms with Gasteiger partial charge in [0, 0.05) is 6.42 Å². The maximum atomic E-state index is 13.5. The van der Waals surface area contributed by atoms with Crippen LogP contribution in [0.3, 0.4) is 0 Å². The first-order chi connectivity index (χ1) is 39.2. The molecule has 1 amide bonds. The van der Waals surface area contributed by atoms with Gasteiger partial charge in [0.1, 0.15) is 24.4 Å². The van der Waals surface area contributed by atoms with Crippen LogP contribution in [-0.2, 0) is 23.8 Å². The second-order valence-corrected chi connectivity index (χ2v) is 22.5. The lowest BCUT2D eigenvalue weighted by Crippen LogP contribution is -2.61. The van der Waals surface area contributed by atoms with Gasteiger partial charge < -0.3 is 45.1 Å². The molecule has 11 nitrogen and oxygen atoms in total. The predicted octanol–water partition coefficient (Wildman–Crippen LogP) is 16.1. The number of nitrogens with one attached hydrogen (secondary N) is 1. The number of esters is 1. The van der Waals surface area contributed by atoms with Crippen LogP contribution in [0, 0.1) is 0 Å². The molecule has 0 aromatic heterocycles. The Balaban J connectivity index is 2.63. The lowest BCUT2D eigenvalue weighted by atomic mass is 9.99. The van der Waals surface area contributed by atoms with Crippen molar-refractivity contribution in [2.24, 2.45) is 0 Å². The van der Waals surface area contributed by atoms with Crippen LogP contribution in [0.4, 0.5) is 0 Å². The molecule has 0 bridgehead atoms. The van der Waals surface area contributed by atoms with Crippen LogP contribution in [0.5, 0.6) is 0 Å². The van der Waals surface area contributed by atoms with Crippen molar-refractivity contribution in [3.63, 3.8) is 0 Å². The van der Waals surface area contributed by atoms with Gasteiger partial charge in [-0.2, -0.15) is 0 Å². The van der Waals surface area contributed by atoms with E-state index in [0.717, 1.165) is 109 Å². The number of allylic oxidation sites excluding steroid dienone is 13. The maximum Gasteiger partial charge on any atom is 0.306 e. The summed E-state index contributed by atoms with van der Waals surface area (Å²) in [5.41, 5.74) is 0. The third-order valence-electron chi connectivity index (χ3n) is 15.0. The third kappa shape index (κ3) is 43.5. The molecule has 8 atom stereocenters. The van der Waals surface area contributed by atoms with Crippen molar-refractivity contribution in [3.05, 3.63) is 85.1 Å². The molecule has 0 aromatic carbocycles. The van der Waals surface area contributed by atoms with Crippen molar-refractivity contribution in [1.29, 1.82) is 0 Å². The van der Waals surface area contributed by atoms with Gasteiger partial charge in [-0.05, 0) is 96.3 Å². The minimum absolute atomic E-state index is 0.116. The van der Waals surface area contributed by atoms with E-state index < -0.39 is 67.4 Å². The molecule has 1 aliphatic rings. The third-order valence-corrected chi connectivity index (χ3v) is 15.0. The Morgan fingerprint density at radius 1 is 0.500 bits per heavy atom. The van der Waals surface area contributed by atoms with Crippen molar-refractivity contribution < 1.29 is 49.3 Å². The normalized spacial score (nSPS) is 19.3. The molecule has 0 aliphatic carbocycles. The molecule has 0 spiro atoms. The summed E-state index contributed by atoms with van der Waals surface area (Å²) < 4.78 is 17.6. The largest absolute Gasteiger partial charge is 0.454 e. The molecule has 1 fully saturated rings. The molecule has 6 N–H and O–H groups in total. The smallest absolute Gasteiger partial charge is 0.306 e. The fraction of sp³-hybridized carbons (Fsp3) is 0.768. The number of rotatable bonds is 55. The summed E-state index contributed by atoms with van der Waals surface area (Å²) in [5, 5.41) is 57.1. The monoisotopic (exact) mass is 1120 g/mol. The number of aliphatic hydroxyl groups is 5. The summed E-state index contributed by atoms with van der Waals surface area (Å²) in [6.45, 7) is 5.66. The molecule has 80 heavy (non-hydrogen) atoms. The van der Waals surface area contributed by atoms with Gasteiger partial charge in [0.25, 0.3) is 0 Å². The van der Waals surface area contributed by atoms with Crippen molar-refractivity contribution in [2.45, 2.75) is 327 Å². The SMILES string of the molecule is CC/C=C\C/C=C\C/C=C\C/C=C\C/C=C\CCCCCCCCCCC(O)C(=O)NC(COC1OC(CO)C(O)C(O)C1OC(=O)CCCCCCCCC/C=C\CCCCCC)C(O)/C=C/CCCCCCCCCCCC. The van der Waals surface area contributed by atoms with Crippen LogP contribution in [0.1, 0.15) is 278 Å². The first kappa shape index (κ1) is 74.9. The van der Waals surface area contributed by atoms with Crippen molar-refractivity contribution in [2.75, 3.05) is 13.2 Å². The molecule has 462 valence electrons. The minimum Gasteiger partial charge on any atom is -0.454 e. The molecule has 1 heterocycles. The summed E-state index contributed by atoms with van der Waals surface area (Å²) in [4.78, 5) is 26.6. The average molecular weight is 1120 g/mol. The predicted molar refractivity (Wildman–Crippen MR) is 333 cm³/mol. The van der Waals surface area contributed by atoms with Crippen LogP contribution < -0.4 is 5.32 Å². The second kappa shape index (κ2) is 56.3. The highest BCUT2D eigenvalue weighted by Crippen LogP contribution is 2.26. The first-order valence-corrected chi connectivity index (χ1v) is 32.9. The quantitative estimate of drug-likeness (QED) is 0.0195. The topological polar surface area (TPSA) is 175 Å². The molecule has 1 rings (SSSR count). The van der Waals surface area contributed by atoms with Gasteiger partial charge in [-0.15, -0.1) is 0 Å². The zero-order valence-electron chi connectivity index (χ0n) is 51.2. The molecule has 0 aromatic rings. The number of amides is 1. The van der Waals surface area contributed by atoms with E-state index in [4.69, 9.17) is 14.2 Å². The van der Waals surface area contributed by atoms with Crippen LogP contribution in [-0.4, -0.2) is 99.6 Å². The number of unbranched alkanes of at least 4 members (excludes halogenated alkanes) is 29. The summed E-state index contributed by atoms with van der Waals surface area (Å²) in [6, 6.07) is -1.03. The molecule has 1 saturated heterocycles. The minimum atomic E-state index is -1.62. The second-order valence-electron chi connectivity index (χ2n) is 22.5. The zero-order valence-corrected chi connectivity index (χ0v) is 51.2. The Labute approximate surface area is 489 Å². The van der Waals surface area contributed by atoms with E-state index in [0.29, 0.717) is 12.8 Å². The van der Waals surface area contributed by atoms with Crippen LogP contribution in [0.25, 0.3) is 0 Å². The van der Waals surface area contributed by atoms with Crippen molar-refractivity contribution in [1.82, 2.24) is 5.32 Å². The summed E-state index contributed by atoms with van der Waals surface area (Å²) >= 11 is 0. The molecule has 1 aliphatic heterocycles. The highest BCUT2D eigenvalue weighted by Gasteiger charge is 2.47. The van der Waals surface area contributed by atoms with Gasteiger partial charge in [0.05, 0.1) is 25.4 Å². The summed E-state index contributed by atoms with van der Waals surface area (Å²) in [6.07, 6.45) is 63.3. The zero-order chi connectivity index (χ0) is 58.2. The fourth-order valence-electron chi connectivity index (χ4n) is 9.85. The molecule has 8 unspecified atom stereocenters. The van der Waals surface area contributed by atoms with E-state index in [1.807, 2.05) is 6.08 Å². The lowest BCUT2D eigenvalue weighted by Gasteiger charge is -2.41. The molecule has 11 heteroatoms.